The number of nitrogens with zero attached hydrogens (tertiary/aromatic N) is 4. The van der Waals surface area contributed by atoms with Crippen molar-refractivity contribution in [1.29, 1.82) is 0 Å². The highest BCUT2D eigenvalue weighted by Gasteiger charge is 2.63. The number of alkyl halides is 3. The Labute approximate surface area is 149 Å². The quantitative estimate of drug-likeness (QED) is 0.650. The number of hydrogen-bond donors (Lipinski definition) is 1. The monoisotopic (exact) mass is 380 g/mol. The van der Waals surface area contributed by atoms with Crippen LogP contribution in [0.2, 0.25) is 0 Å². The largest absolute Gasteiger partial charge is 0.438 e. The number of nitro benzene ring substituents is 1. The number of carbonyl (C=O) groups is 1. The van der Waals surface area contributed by atoms with E-state index in [1.807, 2.05) is 0 Å². The number of hydrazone groups is 1. The Bertz CT molecular complexity index is 933. The van der Waals surface area contributed by atoms with E-state index < -0.39 is 29.2 Å². The van der Waals surface area contributed by atoms with Gasteiger partial charge in [0, 0.05) is 35.7 Å². The lowest BCUT2D eigenvalue weighted by Gasteiger charge is -2.32. The lowest BCUT2D eigenvalue weighted by Crippen LogP contribution is -2.56. The molecule has 0 saturated heterocycles. The molecule has 1 amide bonds. The molecule has 0 saturated carbocycles. The Morgan fingerprint density at radius 1 is 1.26 bits per heavy atom. The molecule has 0 fully saturated rings. The normalized spacial score (nSPS) is 19.7. The number of halogens is 3. The van der Waals surface area contributed by atoms with E-state index in [1.165, 1.54) is 36.7 Å². The van der Waals surface area contributed by atoms with Gasteiger partial charge in [-0.25, -0.2) is 0 Å². The van der Waals surface area contributed by atoms with Crippen molar-refractivity contribution in [1.82, 2.24) is 9.99 Å². The van der Waals surface area contributed by atoms with E-state index in [2.05, 4.69) is 10.1 Å². The first kappa shape index (κ1) is 18.5. The predicted octanol–water partition coefficient (Wildman–Crippen LogP) is 2.49. The molecule has 1 atom stereocenters. The summed E-state index contributed by atoms with van der Waals surface area (Å²) >= 11 is 0. The van der Waals surface area contributed by atoms with Crippen LogP contribution in [-0.4, -0.2) is 43.5 Å². The number of aliphatic hydroxyl groups is 1. The minimum Gasteiger partial charge on any atom is -0.362 e. The fourth-order valence-corrected chi connectivity index (χ4v) is 2.56. The molecule has 1 aromatic carbocycles. The zero-order valence-corrected chi connectivity index (χ0v) is 13.4. The number of pyridine rings is 1. The third kappa shape index (κ3) is 3.24. The molecule has 8 nitrogen and oxygen atoms in total. The van der Waals surface area contributed by atoms with Crippen LogP contribution in [0.25, 0.3) is 0 Å². The summed E-state index contributed by atoms with van der Waals surface area (Å²) in [6.07, 6.45) is -3.85. The second-order valence-electron chi connectivity index (χ2n) is 5.70. The first-order chi connectivity index (χ1) is 12.6. The Kier molecular flexibility index (Phi) is 4.39. The minimum atomic E-state index is -5.21. The summed E-state index contributed by atoms with van der Waals surface area (Å²) in [4.78, 5) is 26.3. The van der Waals surface area contributed by atoms with Crippen LogP contribution < -0.4 is 0 Å². The number of nitro groups is 1. The van der Waals surface area contributed by atoms with Gasteiger partial charge in [0.25, 0.3) is 17.3 Å². The molecule has 1 aromatic heterocycles. The van der Waals surface area contributed by atoms with Gasteiger partial charge in [-0.05, 0) is 12.1 Å². The summed E-state index contributed by atoms with van der Waals surface area (Å²) in [7, 11) is 0. The van der Waals surface area contributed by atoms with E-state index in [4.69, 9.17) is 0 Å². The van der Waals surface area contributed by atoms with Gasteiger partial charge in [0.05, 0.1) is 17.1 Å². The zero-order valence-electron chi connectivity index (χ0n) is 13.4. The molecule has 1 unspecified atom stereocenters. The van der Waals surface area contributed by atoms with E-state index in [9.17, 15) is 33.2 Å². The van der Waals surface area contributed by atoms with Gasteiger partial charge in [0.1, 0.15) is 0 Å². The van der Waals surface area contributed by atoms with Crippen LogP contribution in [0, 0.1) is 10.1 Å². The third-order valence-electron chi connectivity index (χ3n) is 3.95. The van der Waals surface area contributed by atoms with Crippen LogP contribution in [0.5, 0.6) is 0 Å². The molecule has 27 heavy (non-hydrogen) atoms. The molecule has 1 aliphatic heterocycles. The SMILES string of the molecule is O=C(c1ccncc1)N1N=C(c2cccc([N+](=O)[O-])c2)CC1(O)C(F)(F)F. The molecule has 1 N–H and O–H groups in total. The van der Waals surface area contributed by atoms with E-state index in [1.54, 1.807) is 0 Å². The number of amides is 1. The Balaban J connectivity index is 2.06. The molecule has 0 aliphatic carbocycles. The van der Waals surface area contributed by atoms with Gasteiger partial charge >= 0.3 is 6.18 Å². The van der Waals surface area contributed by atoms with Crippen molar-refractivity contribution in [3.63, 3.8) is 0 Å². The molecule has 140 valence electrons. The fraction of sp³-hybridized carbons (Fsp3) is 0.188. The van der Waals surface area contributed by atoms with Gasteiger partial charge < -0.3 is 5.11 Å². The van der Waals surface area contributed by atoms with Gasteiger partial charge in [-0.3, -0.25) is 19.9 Å². The molecule has 3 rings (SSSR count). The van der Waals surface area contributed by atoms with Crippen molar-refractivity contribution >= 4 is 17.3 Å². The molecule has 11 heteroatoms. The fourth-order valence-electron chi connectivity index (χ4n) is 2.56. The van der Waals surface area contributed by atoms with E-state index >= 15 is 0 Å². The molecular formula is C16H11F3N4O4. The number of rotatable bonds is 3. The van der Waals surface area contributed by atoms with Crippen LogP contribution in [0.1, 0.15) is 22.3 Å². The maximum Gasteiger partial charge on any atom is 0.438 e. The van der Waals surface area contributed by atoms with Crippen LogP contribution in [0.3, 0.4) is 0 Å². The number of hydrogen-bond acceptors (Lipinski definition) is 6. The molecular weight excluding hydrogens is 369 g/mol. The van der Waals surface area contributed by atoms with Crippen molar-refractivity contribution in [3.05, 3.63) is 70.0 Å². The molecule has 0 spiro atoms. The highest BCUT2D eigenvalue weighted by Crippen LogP contribution is 2.42. The van der Waals surface area contributed by atoms with Gasteiger partial charge in [0.2, 0.25) is 0 Å². The van der Waals surface area contributed by atoms with E-state index in [0.29, 0.717) is 0 Å². The summed E-state index contributed by atoms with van der Waals surface area (Å²) in [5.74, 6) is -1.18. The summed E-state index contributed by atoms with van der Waals surface area (Å²) in [6.45, 7) is 0. The standard InChI is InChI=1S/C16H11F3N4O4/c17-16(18,19)15(25)9-13(11-2-1-3-12(8-11)23(26)27)21-22(15)14(24)10-4-6-20-7-5-10/h1-8,25H,9H2. The second kappa shape index (κ2) is 6.43. The van der Waals surface area contributed by atoms with Crippen molar-refractivity contribution < 1.29 is 28.0 Å². The molecule has 2 aromatic rings. The highest BCUT2D eigenvalue weighted by molar-refractivity contribution is 6.05. The van der Waals surface area contributed by atoms with Crippen molar-refractivity contribution in [2.75, 3.05) is 0 Å². The van der Waals surface area contributed by atoms with Crippen LogP contribution in [-0.2, 0) is 0 Å². The van der Waals surface area contributed by atoms with Crippen LogP contribution in [0.4, 0.5) is 18.9 Å². The summed E-state index contributed by atoms with van der Waals surface area (Å²) in [5.41, 5.74) is -4.40. The third-order valence-corrected chi connectivity index (χ3v) is 3.95. The van der Waals surface area contributed by atoms with Gasteiger partial charge in [-0.1, -0.05) is 12.1 Å². The number of benzene rings is 1. The van der Waals surface area contributed by atoms with Crippen molar-refractivity contribution in [2.24, 2.45) is 5.10 Å². The first-order valence-corrected chi connectivity index (χ1v) is 7.49. The maximum absolute atomic E-state index is 13.5. The van der Waals surface area contributed by atoms with Crippen molar-refractivity contribution in [2.45, 2.75) is 18.3 Å². The number of carbonyl (C=O) groups excluding carboxylic acids is 1. The number of aromatic nitrogens is 1. The highest BCUT2D eigenvalue weighted by atomic mass is 19.4. The summed E-state index contributed by atoms with van der Waals surface area (Å²) < 4.78 is 40.6. The first-order valence-electron chi connectivity index (χ1n) is 7.49. The van der Waals surface area contributed by atoms with Gasteiger partial charge in [-0.2, -0.15) is 23.3 Å². The average Bonchev–Trinajstić information content (AvgIpc) is 3.01. The van der Waals surface area contributed by atoms with Crippen molar-refractivity contribution in [3.8, 4) is 0 Å². The smallest absolute Gasteiger partial charge is 0.362 e. The topological polar surface area (TPSA) is 109 Å². The van der Waals surface area contributed by atoms with E-state index in [-0.39, 0.29) is 27.5 Å². The lowest BCUT2D eigenvalue weighted by atomic mass is 10.00. The second-order valence-corrected chi connectivity index (χ2v) is 5.70. The van der Waals surface area contributed by atoms with Crippen LogP contribution >= 0.6 is 0 Å². The van der Waals surface area contributed by atoms with Crippen LogP contribution in [0.15, 0.2) is 53.9 Å². The Morgan fingerprint density at radius 2 is 1.93 bits per heavy atom. The van der Waals surface area contributed by atoms with E-state index in [0.717, 1.165) is 12.1 Å². The lowest BCUT2D eigenvalue weighted by molar-refractivity contribution is -0.384. The van der Waals surface area contributed by atoms with Gasteiger partial charge in [0.15, 0.2) is 0 Å². The number of non-ortho nitro benzene ring substituents is 1. The molecule has 0 bridgehead atoms. The predicted molar refractivity (Wildman–Crippen MR) is 85.7 cm³/mol. The minimum absolute atomic E-state index is 0.00287. The summed E-state index contributed by atoms with van der Waals surface area (Å²) in [5, 5.41) is 24.7. The molecule has 2 heterocycles. The zero-order chi connectivity index (χ0) is 19.8. The maximum atomic E-state index is 13.5. The van der Waals surface area contributed by atoms with Gasteiger partial charge in [-0.15, -0.1) is 0 Å². The Morgan fingerprint density at radius 3 is 2.52 bits per heavy atom. The Hall–Kier alpha value is -3.34. The summed E-state index contributed by atoms with van der Waals surface area (Å²) in [6, 6.07) is 7.13. The average molecular weight is 380 g/mol. The molecule has 0 radical (unpaired) electrons. The molecule has 1 aliphatic rings.